The Morgan fingerprint density at radius 3 is 2.71 bits per heavy atom. The number of aromatic nitrogens is 4. The van der Waals surface area contributed by atoms with Crippen LogP contribution in [0.25, 0.3) is 21.7 Å². The first kappa shape index (κ1) is 18.0. The Kier molecular flexibility index (Phi) is 5.38. The fourth-order valence-electron chi connectivity index (χ4n) is 2.28. The van der Waals surface area contributed by atoms with Gasteiger partial charge >= 0.3 is 0 Å². The minimum atomic E-state index is -1.06. The van der Waals surface area contributed by atoms with Crippen LogP contribution >= 0.6 is 34.1 Å². The molecule has 3 aromatic heterocycles. The highest BCUT2D eigenvalue weighted by molar-refractivity contribution is 14.1. The molecule has 128 valence electrons. The second-order valence-electron chi connectivity index (χ2n) is 7.01. The van der Waals surface area contributed by atoms with E-state index in [1.165, 1.54) is 21.1 Å². The van der Waals surface area contributed by atoms with Gasteiger partial charge in [0.2, 0.25) is 0 Å². The largest absolute Gasteiger partial charge is 0.361 e. The highest BCUT2D eigenvalue weighted by Crippen LogP contribution is 2.26. The van der Waals surface area contributed by atoms with Crippen molar-refractivity contribution in [2.45, 2.75) is 39.3 Å². The maximum absolute atomic E-state index is 5.90. The van der Waals surface area contributed by atoms with Gasteiger partial charge in [0.25, 0.3) is 0 Å². The lowest BCUT2D eigenvalue weighted by atomic mass is 10.3. The minimum Gasteiger partial charge on any atom is -0.361 e. The number of hydrogen-bond acceptors (Lipinski definition) is 5. The predicted octanol–water partition coefficient (Wildman–Crippen LogP) is 4.78. The van der Waals surface area contributed by atoms with Crippen LogP contribution in [0.1, 0.15) is 5.82 Å². The van der Waals surface area contributed by atoms with Crippen molar-refractivity contribution in [1.82, 2.24) is 18.9 Å². The van der Waals surface area contributed by atoms with Crippen LogP contribution in [0.4, 0.5) is 0 Å². The van der Waals surface area contributed by atoms with Crippen molar-refractivity contribution in [1.29, 1.82) is 0 Å². The van der Waals surface area contributed by atoms with E-state index in [0.717, 1.165) is 34.2 Å². The van der Waals surface area contributed by atoms with Crippen molar-refractivity contribution < 1.29 is 4.74 Å². The van der Waals surface area contributed by atoms with Gasteiger partial charge < -0.3 is 9.30 Å². The quantitative estimate of drug-likeness (QED) is 0.294. The van der Waals surface area contributed by atoms with E-state index < -0.39 is 8.07 Å². The van der Waals surface area contributed by atoms with Crippen molar-refractivity contribution in [3.63, 3.8) is 0 Å². The van der Waals surface area contributed by atoms with Gasteiger partial charge in [-0.2, -0.15) is 4.37 Å². The molecule has 0 N–H and O–H groups in total. The van der Waals surface area contributed by atoms with Gasteiger partial charge in [-0.25, -0.2) is 9.97 Å². The molecule has 0 atom stereocenters. The normalized spacial score (nSPS) is 12.2. The maximum atomic E-state index is 5.90. The first-order valence-electron chi connectivity index (χ1n) is 7.87. The Morgan fingerprint density at radius 1 is 1.25 bits per heavy atom. The number of halogens is 1. The number of ether oxygens (including phenoxy) is 1. The maximum Gasteiger partial charge on any atom is 0.162 e. The third-order valence-corrected chi connectivity index (χ3v) is 7.04. The number of nitrogens with zero attached hydrogens (tertiary/aromatic N) is 4. The molecule has 0 amide bonds. The first-order valence-corrected chi connectivity index (χ1v) is 13.4. The Bertz CT molecular complexity index is 855. The van der Waals surface area contributed by atoms with E-state index in [1.54, 1.807) is 0 Å². The summed E-state index contributed by atoms with van der Waals surface area (Å²) in [6.07, 6.45) is 2.10. The summed E-state index contributed by atoms with van der Waals surface area (Å²) in [4.78, 5) is 9.24. The summed E-state index contributed by atoms with van der Waals surface area (Å²) >= 11 is 3.74. The van der Waals surface area contributed by atoms with Gasteiger partial charge in [0.15, 0.2) is 5.01 Å². The number of hydrogen-bond donors (Lipinski definition) is 0. The Morgan fingerprint density at radius 2 is 2.04 bits per heavy atom. The van der Waals surface area contributed by atoms with E-state index in [9.17, 15) is 0 Å². The Hall–Kier alpha value is -0.843. The highest BCUT2D eigenvalue weighted by Gasteiger charge is 2.14. The molecule has 8 heteroatoms. The number of pyridine rings is 1. The second-order valence-corrected chi connectivity index (χ2v) is 14.5. The van der Waals surface area contributed by atoms with Crippen LogP contribution in [0.5, 0.6) is 0 Å². The molecule has 0 saturated carbocycles. The molecule has 5 nitrogen and oxygen atoms in total. The van der Waals surface area contributed by atoms with Crippen LogP contribution in [-0.4, -0.2) is 33.6 Å². The molecule has 0 aliphatic rings. The zero-order valence-corrected chi connectivity index (χ0v) is 18.3. The van der Waals surface area contributed by atoms with Crippen molar-refractivity contribution >= 4 is 53.2 Å². The number of fused-ring (bicyclic) bond motifs is 1. The van der Waals surface area contributed by atoms with E-state index in [4.69, 9.17) is 9.72 Å². The fraction of sp³-hybridized carbons (Fsp3) is 0.438. The van der Waals surface area contributed by atoms with Crippen LogP contribution < -0.4 is 0 Å². The average Bonchev–Trinajstić information content (AvgIpc) is 3.07. The third kappa shape index (κ3) is 4.22. The average molecular weight is 472 g/mol. The molecule has 0 aromatic carbocycles. The number of aryl methyl sites for hydroxylation is 1. The molecule has 0 aliphatic carbocycles. The van der Waals surface area contributed by atoms with Gasteiger partial charge in [-0.1, -0.05) is 19.6 Å². The van der Waals surface area contributed by atoms with E-state index in [2.05, 4.69) is 68.4 Å². The monoisotopic (exact) mass is 472 g/mol. The van der Waals surface area contributed by atoms with Crippen LogP contribution in [0, 0.1) is 10.5 Å². The predicted molar refractivity (Wildman–Crippen MR) is 110 cm³/mol. The van der Waals surface area contributed by atoms with Crippen molar-refractivity contribution in [3.8, 4) is 10.7 Å². The zero-order valence-electron chi connectivity index (χ0n) is 14.3. The van der Waals surface area contributed by atoms with Gasteiger partial charge in [-0.15, -0.1) is 0 Å². The van der Waals surface area contributed by atoms with Crippen molar-refractivity contribution in [2.75, 3.05) is 6.61 Å². The molecule has 0 spiro atoms. The van der Waals surface area contributed by atoms with Gasteiger partial charge in [0, 0.05) is 29.8 Å². The SMILES string of the molecule is Cc1nsc(-c2ccc3c(I)cn(COCC[Si](C)(C)C)c3n2)n1. The summed E-state index contributed by atoms with van der Waals surface area (Å²) in [5.74, 6) is 0.788. The fourth-order valence-corrected chi connectivity index (χ4v) is 4.43. The lowest BCUT2D eigenvalue weighted by Crippen LogP contribution is -2.22. The summed E-state index contributed by atoms with van der Waals surface area (Å²) < 4.78 is 13.4. The summed E-state index contributed by atoms with van der Waals surface area (Å²) in [6.45, 7) is 10.3. The van der Waals surface area contributed by atoms with Gasteiger partial charge in [-0.3, -0.25) is 0 Å². The molecule has 0 saturated heterocycles. The van der Waals surface area contributed by atoms with Crippen molar-refractivity contribution in [3.05, 3.63) is 27.7 Å². The van der Waals surface area contributed by atoms with Crippen LogP contribution in [0.3, 0.4) is 0 Å². The molecule has 3 rings (SSSR count). The van der Waals surface area contributed by atoms with Gasteiger partial charge in [0.05, 0.1) is 0 Å². The molecular formula is C16H21IN4OSSi. The molecule has 0 unspecified atom stereocenters. The first-order chi connectivity index (χ1) is 11.3. The molecule has 0 aliphatic heterocycles. The summed E-state index contributed by atoms with van der Waals surface area (Å²) in [5.41, 5.74) is 1.81. The van der Waals surface area contributed by atoms with Gasteiger partial charge in [-0.05, 0) is 59.2 Å². The molecule has 0 fully saturated rings. The summed E-state index contributed by atoms with van der Waals surface area (Å²) in [5, 5.41) is 2.01. The molecule has 0 radical (unpaired) electrons. The van der Waals surface area contributed by atoms with Crippen LogP contribution in [-0.2, 0) is 11.5 Å². The van der Waals surface area contributed by atoms with Crippen LogP contribution in [0.15, 0.2) is 18.3 Å². The zero-order chi connectivity index (χ0) is 17.3. The summed E-state index contributed by atoms with van der Waals surface area (Å²) in [7, 11) is -1.06. The number of rotatable bonds is 6. The lowest BCUT2D eigenvalue weighted by molar-refractivity contribution is 0.0898. The van der Waals surface area contributed by atoms with Gasteiger partial charge in [0.1, 0.15) is 23.9 Å². The molecule has 3 aromatic rings. The Labute approximate surface area is 160 Å². The van der Waals surface area contributed by atoms with E-state index in [-0.39, 0.29) is 0 Å². The molecule has 3 heterocycles. The standard InChI is InChI=1S/C16H21IN4OSSi/c1-11-18-16(23-20-11)14-6-5-12-13(17)9-21(15(12)19-14)10-22-7-8-24(2,3)4/h5-6,9H,7-8,10H2,1-4H3. The van der Waals surface area contributed by atoms with E-state index >= 15 is 0 Å². The lowest BCUT2D eigenvalue weighted by Gasteiger charge is -2.15. The summed E-state index contributed by atoms with van der Waals surface area (Å²) in [6, 6.07) is 5.29. The van der Waals surface area contributed by atoms with Crippen molar-refractivity contribution in [2.24, 2.45) is 0 Å². The van der Waals surface area contributed by atoms with E-state index in [0.29, 0.717) is 6.73 Å². The topological polar surface area (TPSA) is 52.8 Å². The highest BCUT2D eigenvalue weighted by atomic mass is 127. The third-order valence-electron chi connectivity index (χ3n) is 3.65. The molecule has 0 bridgehead atoms. The molecular weight excluding hydrogens is 451 g/mol. The van der Waals surface area contributed by atoms with Crippen LogP contribution in [0.2, 0.25) is 25.7 Å². The molecule has 24 heavy (non-hydrogen) atoms. The second kappa shape index (κ2) is 7.18. The van der Waals surface area contributed by atoms with E-state index in [1.807, 2.05) is 13.0 Å². The smallest absolute Gasteiger partial charge is 0.162 e. The minimum absolute atomic E-state index is 0.537. The Balaban J connectivity index is 1.82.